The van der Waals surface area contributed by atoms with Gasteiger partial charge in [0.1, 0.15) is 10.9 Å². The van der Waals surface area contributed by atoms with E-state index in [4.69, 9.17) is 16.3 Å². The fraction of sp³-hybridized carbons (Fsp3) is 0.182. The molecule has 0 bridgehead atoms. The van der Waals surface area contributed by atoms with Crippen LogP contribution in [0.25, 0.3) is 0 Å². The summed E-state index contributed by atoms with van der Waals surface area (Å²) in [4.78, 5) is 4.04. The van der Waals surface area contributed by atoms with Crippen molar-refractivity contribution in [2.75, 3.05) is 0 Å². The molecule has 1 heterocycles. The molecular weight excluding hydrogens is 212 g/mol. The van der Waals surface area contributed by atoms with Gasteiger partial charge in [-0.1, -0.05) is 29.3 Å². The Morgan fingerprint density at radius 3 is 2.47 bits per heavy atom. The van der Waals surface area contributed by atoms with E-state index in [0.717, 1.165) is 5.75 Å². The molecule has 0 saturated heterocycles. The predicted molar refractivity (Wildman–Crippen MR) is 59.5 cm³/mol. The highest BCUT2D eigenvalue weighted by Crippen LogP contribution is 2.22. The predicted octanol–water partition coefficient (Wildman–Crippen LogP) is 3.17. The van der Waals surface area contributed by atoms with E-state index in [1.807, 2.05) is 31.2 Å². The Bertz CT molecular complexity index is 462. The van der Waals surface area contributed by atoms with E-state index in [0.29, 0.717) is 11.2 Å². The Kier molecular flexibility index (Phi) is 2.64. The summed E-state index contributed by atoms with van der Waals surface area (Å²) in [5, 5.41) is 0.553. The molecule has 0 amide bonds. The van der Waals surface area contributed by atoms with Crippen molar-refractivity contribution in [2.45, 2.75) is 6.92 Å². The first kappa shape index (κ1) is 10.1. The van der Waals surface area contributed by atoms with Crippen molar-refractivity contribution in [3.05, 3.63) is 41.2 Å². The Balaban J connectivity index is 2.22. The molecule has 0 unspecified atom stereocenters. The van der Waals surface area contributed by atoms with Crippen LogP contribution in [-0.4, -0.2) is 9.55 Å². The Morgan fingerprint density at radius 1 is 1.27 bits per heavy atom. The van der Waals surface area contributed by atoms with Crippen LogP contribution in [0.3, 0.4) is 0 Å². The third kappa shape index (κ3) is 2.13. The summed E-state index contributed by atoms with van der Waals surface area (Å²) in [5.41, 5.74) is 1.19. The number of imidazole rings is 1. The quantitative estimate of drug-likeness (QED) is 0.781. The number of ether oxygens (including phenoxy) is 1. The zero-order chi connectivity index (χ0) is 10.8. The second-order valence-corrected chi connectivity index (χ2v) is 3.72. The third-order valence-corrected chi connectivity index (χ3v) is 2.47. The summed E-state index contributed by atoms with van der Waals surface area (Å²) in [6, 6.07) is 8.26. The van der Waals surface area contributed by atoms with E-state index in [1.165, 1.54) is 5.56 Å². The van der Waals surface area contributed by atoms with Crippen LogP contribution in [0.5, 0.6) is 11.8 Å². The van der Waals surface area contributed by atoms with E-state index in [1.54, 1.807) is 17.8 Å². The fourth-order valence-corrected chi connectivity index (χ4v) is 1.30. The minimum atomic E-state index is 0.490. The van der Waals surface area contributed by atoms with Gasteiger partial charge in [-0.15, -0.1) is 0 Å². The lowest BCUT2D eigenvalue weighted by Crippen LogP contribution is -1.94. The molecule has 1 aromatic heterocycles. The molecular formula is C11H11ClN2O. The summed E-state index contributed by atoms with van der Waals surface area (Å²) in [7, 11) is 1.80. The molecule has 0 saturated carbocycles. The molecule has 0 atom stereocenters. The largest absolute Gasteiger partial charge is 0.426 e. The van der Waals surface area contributed by atoms with Crippen molar-refractivity contribution in [2.24, 2.45) is 7.05 Å². The van der Waals surface area contributed by atoms with E-state index < -0.39 is 0 Å². The van der Waals surface area contributed by atoms with E-state index in [9.17, 15) is 0 Å². The highest BCUT2D eigenvalue weighted by molar-refractivity contribution is 6.29. The van der Waals surface area contributed by atoms with Gasteiger partial charge in [0.05, 0.1) is 6.20 Å². The molecule has 3 nitrogen and oxygen atoms in total. The first-order valence-electron chi connectivity index (χ1n) is 4.58. The molecule has 0 aliphatic heterocycles. The number of aryl methyl sites for hydroxylation is 1. The summed E-state index contributed by atoms with van der Waals surface area (Å²) in [5.74, 6) is 0.756. The maximum atomic E-state index is 5.84. The summed E-state index contributed by atoms with van der Waals surface area (Å²) in [6.45, 7) is 2.03. The minimum Gasteiger partial charge on any atom is -0.426 e. The molecule has 0 spiro atoms. The molecule has 0 fully saturated rings. The van der Waals surface area contributed by atoms with Gasteiger partial charge < -0.3 is 4.74 Å². The third-order valence-electron chi connectivity index (χ3n) is 2.12. The molecule has 0 aliphatic rings. The normalized spacial score (nSPS) is 10.3. The zero-order valence-electron chi connectivity index (χ0n) is 8.57. The van der Waals surface area contributed by atoms with Gasteiger partial charge in [-0.2, -0.15) is 0 Å². The SMILES string of the molecule is Cc1ccc(Oc2ncc(Cl)n2C)cc1. The average molecular weight is 223 g/mol. The number of benzene rings is 1. The number of nitrogens with zero attached hydrogens (tertiary/aromatic N) is 2. The molecule has 0 N–H and O–H groups in total. The Morgan fingerprint density at radius 2 is 1.93 bits per heavy atom. The van der Waals surface area contributed by atoms with Crippen molar-refractivity contribution >= 4 is 11.6 Å². The van der Waals surface area contributed by atoms with Crippen molar-refractivity contribution < 1.29 is 4.74 Å². The number of hydrogen-bond acceptors (Lipinski definition) is 2. The Labute approximate surface area is 93.3 Å². The average Bonchev–Trinajstić information content (AvgIpc) is 2.53. The van der Waals surface area contributed by atoms with Crippen LogP contribution in [0, 0.1) is 6.92 Å². The topological polar surface area (TPSA) is 27.1 Å². The highest BCUT2D eigenvalue weighted by Gasteiger charge is 2.05. The lowest BCUT2D eigenvalue weighted by Gasteiger charge is -2.05. The molecule has 2 aromatic rings. The molecule has 78 valence electrons. The standard InChI is InChI=1S/C11H11ClN2O/c1-8-3-5-9(6-4-8)15-11-13-7-10(12)14(11)2/h3-7H,1-2H3. The first-order valence-corrected chi connectivity index (χ1v) is 4.96. The first-order chi connectivity index (χ1) is 7.16. The second kappa shape index (κ2) is 3.95. The van der Waals surface area contributed by atoms with Crippen molar-refractivity contribution in [3.63, 3.8) is 0 Å². The van der Waals surface area contributed by atoms with Gasteiger partial charge in [0.15, 0.2) is 0 Å². The van der Waals surface area contributed by atoms with Gasteiger partial charge >= 0.3 is 6.01 Å². The van der Waals surface area contributed by atoms with Crippen LogP contribution in [0.4, 0.5) is 0 Å². The highest BCUT2D eigenvalue weighted by atomic mass is 35.5. The number of hydrogen-bond donors (Lipinski definition) is 0. The smallest absolute Gasteiger partial charge is 0.302 e. The van der Waals surface area contributed by atoms with Gasteiger partial charge in [-0.05, 0) is 19.1 Å². The van der Waals surface area contributed by atoms with Crippen molar-refractivity contribution in [1.29, 1.82) is 0 Å². The molecule has 4 heteroatoms. The summed E-state index contributed by atoms with van der Waals surface area (Å²) in [6.07, 6.45) is 1.56. The van der Waals surface area contributed by atoms with Crippen LogP contribution < -0.4 is 4.74 Å². The molecule has 2 rings (SSSR count). The number of aromatic nitrogens is 2. The van der Waals surface area contributed by atoms with E-state index in [-0.39, 0.29) is 0 Å². The van der Waals surface area contributed by atoms with Crippen molar-refractivity contribution in [3.8, 4) is 11.8 Å². The van der Waals surface area contributed by atoms with Gasteiger partial charge in [-0.25, -0.2) is 4.98 Å². The second-order valence-electron chi connectivity index (χ2n) is 3.34. The minimum absolute atomic E-state index is 0.490. The lowest BCUT2D eigenvalue weighted by atomic mass is 10.2. The molecule has 1 aromatic carbocycles. The molecule has 0 aliphatic carbocycles. The molecule has 0 radical (unpaired) electrons. The van der Waals surface area contributed by atoms with Crippen LogP contribution in [0.2, 0.25) is 5.15 Å². The number of halogens is 1. The van der Waals surface area contributed by atoms with Gasteiger partial charge in [-0.3, -0.25) is 4.57 Å². The summed E-state index contributed by atoms with van der Waals surface area (Å²) < 4.78 is 7.23. The monoisotopic (exact) mass is 222 g/mol. The van der Waals surface area contributed by atoms with Crippen molar-refractivity contribution in [1.82, 2.24) is 9.55 Å². The van der Waals surface area contributed by atoms with Gasteiger partial charge in [0, 0.05) is 7.05 Å². The molecule has 15 heavy (non-hydrogen) atoms. The summed E-state index contributed by atoms with van der Waals surface area (Å²) >= 11 is 5.84. The Hall–Kier alpha value is -1.48. The van der Waals surface area contributed by atoms with Crippen LogP contribution in [0.15, 0.2) is 30.5 Å². The van der Waals surface area contributed by atoms with E-state index in [2.05, 4.69) is 4.98 Å². The van der Waals surface area contributed by atoms with Crippen LogP contribution >= 0.6 is 11.6 Å². The zero-order valence-corrected chi connectivity index (χ0v) is 9.32. The van der Waals surface area contributed by atoms with Crippen LogP contribution in [0.1, 0.15) is 5.56 Å². The van der Waals surface area contributed by atoms with Crippen LogP contribution in [-0.2, 0) is 7.05 Å². The van der Waals surface area contributed by atoms with Gasteiger partial charge in [0.25, 0.3) is 0 Å². The van der Waals surface area contributed by atoms with E-state index >= 15 is 0 Å². The van der Waals surface area contributed by atoms with Gasteiger partial charge in [0.2, 0.25) is 0 Å². The maximum Gasteiger partial charge on any atom is 0.302 e. The maximum absolute atomic E-state index is 5.84. The fourth-order valence-electron chi connectivity index (χ4n) is 1.18. The lowest BCUT2D eigenvalue weighted by molar-refractivity contribution is 0.425. The number of rotatable bonds is 2.